The molecule has 37 heavy (non-hydrogen) atoms. The van der Waals surface area contributed by atoms with Crippen molar-refractivity contribution in [2.24, 2.45) is 0 Å². The second-order valence-corrected chi connectivity index (χ2v) is 8.94. The van der Waals surface area contributed by atoms with Crippen LogP contribution in [0.4, 0.5) is 16.4 Å². The summed E-state index contributed by atoms with van der Waals surface area (Å²) in [6.07, 6.45) is -0.560. The fourth-order valence-electron chi connectivity index (χ4n) is 4.97. The summed E-state index contributed by atoms with van der Waals surface area (Å²) >= 11 is 0. The van der Waals surface area contributed by atoms with Crippen molar-refractivity contribution in [3.8, 4) is 0 Å². The van der Waals surface area contributed by atoms with Crippen LogP contribution in [0, 0.1) is 0 Å². The highest BCUT2D eigenvalue weighted by Crippen LogP contribution is 2.45. The fraction of sp³-hybridized carbons (Fsp3) is 0.0690. The van der Waals surface area contributed by atoms with Gasteiger partial charge in [0, 0.05) is 22.4 Å². The van der Waals surface area contributed by atoms with E-state index in [1.807, 2.05) is 54.6 Å². The molecule has 5 aromatic rings. The first kappa shape index (κ1) is 22.5. The first-order valence-electron chi connectivity index (χ1n) is 11.7. The van der Waals surface area contributed by atoms with Crippen LogP contribution in [-0.2, 0) is 12.1 Å². The van der Waals surface area contributed by atoms with Gasteiger partial charge in [-0.15, -0.1) is 0 Å². The minimum Gasteiger partial charge on any atom is -0.465 e. The molecule has 0 bridgehead atoms. The summed E-state index contributed by atoms with van der Waals surface area (Å²) in [7, 11) is 0. The highest BCUT2D eigenvalue weighted by atomic mass is 16.4. The summed E-state index contributed by atoms with van der Waals surface area (Å²) in [4.78, 5) is 33.3. The van der Waals surface area contributed by atoms with Crippen LogP contribution < -0.4 is 10.2 Å². The average molecular weight is 491 g/mol. The van der Waals surface area contributed by atoms with Crippen LogP contribution in [0.25, 0.3) is 11.0 Å². The lowest BCUT2D eigenvalue weighted by molar-refractivity contribution is 0.0704. The maximum atomic E-state index is 13.7. The number of nitrogens with one attached hydrogen (secondary N) is 2. The van der Waals surface area contributed by atoms with Crippen molar-refractivity contribution in [1.29, 1.82) is 0 Å². The molecule has 1 aromatic heterocycles. The monoisotopic (exact) mass is 490 g/mol. The van der Waals surface area contributed by atoms with Crippen LogP contribution in [0.3, 0.4) is 0 Å². The average Bonchev–Trinajstić information content (AvgIpc) is 3.40. The quantitative estimate of drug-likeness (QED) is 0.273. The molecule has 4 aromatic carbocycles. The molecule has 8 nitrogen and oxygen atoms in total. The van der Waals surface area contributed by atoms with E-state index in [0.29, 0.717) is 39.8 Å². The van der Waals surface area contributed by atoms with Gasteiger partial charge in [-0.25, -0.2) is 9.78 Å². The van der Waals surface area contributed by atoms with E-state index in [2.05, 4.69) is 15.3 Å². The topological polar surface area (TPSA) is 119 Å². The number of carboxylic acid groups (broad SMARTS) is 1. The summed E-state index contributed by atoms with van der Waals surface area (Å²) in [5.41, 5.74) is 3.25. The zero-order valence-electron chi connectivity index (χ0n) is 19.6. The van der Waals surface area contributed by atoms with E-state index in [9.17, 15) is 14.7 Å². The van der Waals surface area contributed by atoms with Gasteiger partial charge in [0.25, 0.3) is 5.91 Å². The van der Waals surface area contributed by atoms with E-state index in [4.69, 9.17) is 5.11 Å². The van der Waals surface area contributed by atoms with Crippen LogP contribution >= 0.6 is 0 Å². The van der Waals surface area contributed by atoms with Crippen molar-refractivity contribution in [2.45, 2.75) is 12.1 Å². The first-order chi connectivity index (χ1) is 17.9. The normalized spacial score (nSPS) is 16.7. The number of aromatic amines is 1. The Kier molecular flexibility index (Phi) is 5.24. The van der Waals surface area contributed by atoms with Gasteiger partial charge in [0.1, 0.15) is 0 Å². The molecule has 0 saturated carbocycles. The number of hydrogen-bond acceptors (Lipinski definition) is 4. The standard InChI is InChI=1S/C29H22N4O4/c34-26-22-11-4-5-12-23(22)29(37,20-13-14-24-25(17-20)31-27(30-24)32-28(35)36)33(26)21-10-6-9-19(16-21)15-18-7-2-1-3-8-18/h1-14,16-17,37H,15H2,(H,35,36)(H2,30,31,32). The van der Waals surface area contributed by atoms with Gasteiger partial charge in [-0.2, -0.15) is 0 Å². The Morgan fingerprint density at radius 1 is 0.919 bits per heavy atom. The van der Waals surface area contributed by atoms with E-state index in [1.165, 1.54) is 4.90 Å². The molecule has 0 saturated heterocycles. The Balaban J connectivity index is 1.47. The highest BCUT2D eigenvalue weighted by molar-refractivity contribution is 6.12. The number of benzene rings is 4. The maximum Gasteiger partial charge on any atom is 0.411 e. The van der Waals surface area contributed by atoms with Gasteiger partial charge in [0.15, 0.2) is 5.72 Å². The lowest BCUT2D eigenvalue weighted by atomic mass is 9.93. The van der Waals surface area contributed by atoms with E-state index in [0.717, 1.165) is 11.1 Å². The molecule has 182 valence electrons. The third kappa shape index (κ3) is 3.80. The van der Waals surface area contributed by atoms with Gasteiger partial charge < -0.3 is 15.2 Å². The molecule has 0 aliphatic carbocycles. The van der Waals surface area contributed by atoms with Gasteiger partial charge in [-0.1, -0.05) is 66.7 Å². The van der Waals surface area contributed by atoms with Crippen molar-refractivity contribution in [3.05, 3.63) is 125 Å². The van der Waals surface area contributed by atoms with Gasteiger partial charge in [0.2, 0.25) is 5.95 Å². The smallest absolute Gasteiger partial charge is 0.411 e. The van der Waals surface area contributed by atoms with Crippen LogP contribution in [-0.4, -0.2) is 32.2 Å². The van der Waals surface area contributed by atoms with Crippen molar-refractivity contribution >= 4 is 34.7 Å². The number of H-pyrrole nitrogens is 1. The molecule has 1 aliphatic rings. The minimum absolute atomic E-state index is 0.0695. The summed E-state index contributed by atoms with van der Waals surface area (Å²) in [6.45, 7) is 0. The van der Waals surface area contributed by atoms with Crippen LogP contribution in [0.5, 0.6) is 0 Å². The molecule has 1 atom stereocenters. The zero-order valence-corrected chi connectivity index (χ0v) is 19.6. The molecule has 4 N–H and O–H groups in total. The molecule has 0 radical (unpaired) electrons. The SMILES string of the molecule is O=C(O)Nc1nc2cc(C3(O)c4ccccc4C(=O)N3c3cccc(Cc4ccccc4)c3)ccc2[nH]1. The number of rotatable bonds is 5. The number of aliphatic hydroxyl groups is 1. The Hall–Kier alpha value is -4.95. The van der Waals surface area contributed by atoms with Crippen molar-refractivity contribution in [2.75, 3.05) is 10.2 Å². The molecule has 0 fully saturated rings. The lowest BCUT2D eigenvalue weighted by Crippen LogP contribution is -2.45. The third-order valence-corrected chi connectivity index (χ3v) is 6.59. The van der Waals surface area contributed by atoms with E-state index in [-0.39, 0.29) is 11.9 Å². The first-order valence-corrected chi connectivity index (χ1v) is 11.7. The van der Waals surface area contributed by atoms with Gasteiger partial charge in [-0.05, 0) is 47.9 Å². The molecule has 1 unspecified atom stereocenters. The zero-order chi connectivity index (χ0) is 25.6. The number of carbonyl (C=O) groups is 2. The molecule has 2 amide bonds. The predicted octanol–water partition coefficient (Wildman–Crippen LogP) is 5.10. The van der Waals surface area contributed by atoms with Crippen molar-refractivity contribution in [1.82, 2.24) is 9.97 Å². The van der Waals surface area contributed by atoms with E-state index >= 15 is 0 Å². The second kappa shape index (κ2) is 8.61. The maximum absolute atomic E-state index is 13.7. The van der Waals surface area contributed by atoms with Gasteiger partial charge in [-0.3, -0.25) is 15.0 Å². The largest absolute Gasteiger partial charge is 0.465 e. The summed E-state index contributed by atoms with van der Waals surface area (Å²) < 4.78 is 0. The molecule has 2 heterocycles. The number of anilines is 2. The van der Waals surface area contributed by atoms with Crippen molar-refractivity contribution < 1.29 is 19.8 Å². The molecule has 8 heteroatoms. The van der Waals surface area contributed by atoms with E-state index < -0.39 is 11.8 Å². The van der Waals surface area contributed by atoms with Crippen LogP contribution in [0.1, 0.15) is 32.6 Å². The Morgan fingerprint density at radius 3 is 2.49 bits per heavy atom. The summed E-state index contributed by atoms with van der Waals surface area (Å²) in [6, 6.07) is 29.7. The Morgan fingerprint density at radius 2 is 1.68 bits per heavy atom. The molecular formula is C29H22N4O4. The van der Waals surface area contributed by atoms with Crippen LogP contribution in [0.15, 0.2) is 97.1 Å². The lowest BCUT2D eigenvalue weighted by Gasteiger charge is -2.35. The number of hydrogen-bond donors (Lipinski definition) is 4. The number of carbonyl (C=O) groups excluding carboxylic acids is 1. The highest BCUT2D eigenvalue weighted by Gasteiger charge is 2.50. The fourth-order valence-corrected chi connectivity index (χ4v) is 4.97. The van der Waals surface area contributed by atoms with Crippen LogP contribution in [0.2, 0.25) is 0 Å². The van der Waals surface area contributed by atoms with Gasteiger partial charge >= 0.3 is 6.09 Å². The summed E-state index contributed by atoms with van der Waals surface area (Å²) in [5, 5.41) is 23.6. The minimum atomic E-state index is -1.80. The Labute approximate surface area is 211 Å². The number of fused-ring (bicyclic) bond motifs is 2. The van der Waals surface area contributed by atoms with Gasteiger partial charge in [0.05, 0.1) is 11.0 Å². The Bertz CT molecular complexity index is 1660. The predicted molar refractivity (Wildman–Crippen MR) is 140 cm³/mol. The number of nitrogens with zero attached hydrogens (tertiary/aromatic N) is 2. The van der Waals surface area contributed by atoms with E-state index in [1.54, 1.807) is 42.5 Å². The number of imidazole rings is 1. The summed E-state index contributed by atoms with van der Waals surface area (Å²) in [5.74, 6) is -0.245. The van der Waals surface area contributed by atoms with Crippen molar-refractivity contribution in [3.63, 3.8) is 0 Å². The second-order valence-electron chi connectivity index (χ2n) is 8.94. The molecule has 6 rings (SSSR count). The third-order valence-electron chi connectivity index (χ3n) is 6.59. The number of aromatic nitrogens is 2. The molecule has 0 spiro atoms. The molecular weight excluding hydrogens is 468 g/mol. The number of amides is 2. The molecule has 1 aliphatic heterocycles.